The smallest absolute Gasteiger partial charge is 0.334 e. The van der Waals surface area contributed by atoms with Gasteiger partial charge in [0.25, 0.3) is 0 Å². The number of carbonyl (C=O) groups is 2. The second-order valence-corrected chi connectivity index (χ2v) is 4.29. The first kappa shape index (κ1) is 12.1. The maximum Gasteiger partial charge on any atom is 0.334 e. The Morgan fingerprint density at radius 3 is 2.76 bits per heavy atom. The average molecular weight is 240 g/mol. The summed E-state index contributed by atoms with van der Waals surface area (Å²) in [7, 11) is 1.46. The predicted molar refractivity (Wildman–Crippen MR) is 57.7 cm³/mol. The van der Waals surface area contributed by atoms with E-state index in [2.05, 4.69) is 0 Å². The molecular formula is C12H16O5. The SMILES string of the molecule is CCOC(=O)C1=C[C@H](C)[C@H]2C(=O)O[C@H](OC)[C@@H]12. The van der Waals surface area contributed by atoms with Crippen LogP contribution in [-0.2, 0) is 23.8 Å². The van der Waals surface area contributed by atoms with Crippen molar-refractivity contribution in [3.05, 3.63) is 11.6 Å². The highest BCUT2D eigenvalue weighted by molar-refractivity contribution is 5.93. The summed E-state index contributed by atoms with van der Waals surface area (Å²) in [5.74, 6) is -1.36. The van der Waals surface area contributed by atoms with Crippen molar-refractivity contribution in [3.8, 4) is 0 Å². The van der Waals surface area contributed by atoms with E-state index in [4.69, 9.17) is 14.2 Å². The van der Waals surface area contributed by atoms with Crippen LogP contribution in [0.4, 0.5) is 0 Å². The molecule has 0 radical (unpaired) electrons. The van der Waals surface area contributed by atoms with E-state index >= 15 is 0 Å². The van der Waals surface area contributed by atoms with Crippen LogP contribution in [0.2, 0.25) is 0 Å². The highest BCUT2D eigenvalue weighted by Crippen LogP contribution is 2.45. The number of ether oxygens (including phenoxy) is 3. The highest BCUT2D eigenvalue weighted by Gasteiger charge is 2.54. The third-order valence-electron chi connectivity index (χ3n) is 3.30. The number of allylic oxidation sites excluding steroid dienone is 1. The second-order valence-electron chi connectivity index (χ2n) is 4.29. The van der Waals surface area contributed by atoms with Gasteiger partial charge < -0.3 is 14.2 Å². The van der Waals surface area contributed by atoms with Crippen LogP contribution < -0.4 is 0 Å². The Hall–Kier alpha value is -1.36. The molecule has 17 heavy (non-hydrogen) atoms. The number of carbonyl (C=O) groups excluding carboxylic acids is 2. The van der Waals surface area contributed by atoms with Gasteiger partial charge in [0.1, 0.15) is 0 Å². The molecule has 1 heterocycles. The van der Waals surface area contributed by atoms with Crippen molar-refractivity contribution in [2.45, 2.75) is 20.1 Å². The minimum Gasteiger partial charge on any atom is -0.463 e. The lowest BCUT2D eigenvalue weighted by Gasteiger charge is -2.17. The molecule has 5 heteroatoms. The van der Waals surface area contributed by atoms with Crippen molar-refractivity contribution in [2.75, 3.05) is 13.7 Å². The first-order valence-electron chi connectivity index (χ1n) is 5.72. The van der Waals surface area contributed by atoms with Crippen LogP contribution >= 0.6 is 0 Å². The van der Waals surface area contributed by atoms with Crippen molar-refractivity contribution < 1.29 is 23.8 Å². The van der Waals surface area contributed by atoms with E-state index in [-0.39, 0.29) is 29.7 Å². The van der Waals surface area contributed by atoms with E-state index < -0.39 is 6.29 Å². The first-order valence-corrected chi connectivity index (χ1v) is 5.72. The summed E-state index contributed by atoms with van der Waals surface area (Å²) in [6.07, 6.45) is 1.12. The van der Waals surface area contributed by atoms with Crippen molar-refractivity contribution in [2.24, 2.45) is 17.8 Å². The second kappa shape index (κ2) is 4.49. The summed E-state index contributed by atoms with van der Waals surface area (Å²) in [6, 6.07) is 0. The normalized spacial score (nSPS) is 35.2. The standard InChI is InChI=1S/C12H16O5/c1-4-16-10(13)7-5-6(2)8-9(7)12(15-3)17-11(8)14/h5-6,8-9,12H,4H2,1-3H3/t6-,8+,9-,12-/m0/s1. The zero-order chi connectivity index (χ0) is 12.6. The Bertz CT molecular complexity index is 373. The highest BCUT2D eigenvalue weighted by atomic mass is 16.7. The van der Waals surface area contributed by atoms with Gasteiger partial charge in [0.2, 0.25) is 6.29 Å². The number of hydrogen-bond donors (Lipinski definition) is 0. The molecule has 0 N–H and O–H groups in total. The molecule has 2 rings (SSSR count). The van der Waals surface area contributed by atoms with E-state index in [0.29, 0.717) is 12.2 Å². The molecule has 2 aliphatic rings. The van der Waals surface area contributed by atoms with Gasteiger partial charge in [-0.1, -0.05) is 13.0 Å². The number of hydrogen-bond acceptors (Lipinski definition) is 5. The monoisotopic (exact) mass is 240 g/mol. The number of fused-ring (bicyclic) bond motifs is 1. The lowest BCUT2D eigenvalue weighted by molar-refractivity contribution is -0.162. The van der Waals surface area contributed by atoms with E-state index in [1.54, 1.807) is 13.0 Å². The van der Waals surface area contributed by atoms with Gasteiger partial charge in [-0.05, 0) is 12.8 Å². The molecule has 0 aromatic heterocycles. The summed E-state index contributed by atoms with van der Waals surface area (Å²) in [4.78, 5) is 23.5. The quantitative estimate of drug-likeness (QED) is 0.685. The van der Waals surface area contributed by atoms with Gasteiger partial charge in [-0.25, -0.2) is 4.79 Å². The van der Waals surface area contributed by atoms with Crippen LogP contribution in [0.1, 0.15) is 13.8 Å². The third-order valence-corrected chi connectivity index (χ3v) is 3.30. The van der Waals surface area contributed by atoms with E-state index in [1.165, 1.54) is 7.11 Å². The van der Waals surface area contributed by atoms with Crippen LogP contribution in [0, 0.1) is 17.8 Å². The molecule has 0 saturated carbocycles. The maximum atomic E-state index is 11.8. The Morgan fingerprint density at radius 2 is 2.18 bits per heavy atom. The molecular weight excluding hydrogens is 224 g/mol. The molecule has 0 aromatic carbocycles. The molecule has 1 aliphatic carbocycles. The molecule has 5 nitrogen and oxygen atoms in total. The molecule has 0 bridgehead atoms. The third kappa shape index (κ3) is 1.84. The van der Waals surface area contributed by atoms with Gasteiger partial charge in [0.05, 0.1) is 18.4 Å². The molecule has 1 aliphatic heterocycles. The zero-order valence-electron chi connectivity index (χ0n) is 10.1. The van der Waals surface area contributed by atoms with Crippen LogP contribution in [0.5, 0.6) is 0 Å². The fourth-order valence-corrected chi connectivity index (χ4v) is 2.58. The van der Waals surface area contributed by atoms with Crippen LogP contribution in [0.15, 0.2) is 11.6 Å². The van der Waals surface area contributed by atoms with Gasteiger partial charge in [0, 0.05) is 12.7 Å². The summed E-state index contributed by atoms with van der Waals surface area (Å²) in [5, 5.41) is 0. The molecule has 0 spiro atoms. The van der Waals surface area contributed by atoms with Crippen LogP contribution in [0.25, 0.3) is 0 Å². The Labute approximate surface area is 99.7 Å². The fourth-order valence-electron chi connectivity index (χ4n) is 2.58. The van der Waals surface area contributed by atoms with Gasteiger partial charge in [-0.2, -0.15) is 0 Å². The van der Waals surface area contributed by atoms with E-state index in [9.17, 15) is 9.59 Å². The van der Waals surface area contributed by atoms with E-state index in [1.807, 2.05) is 6.92 Å². The van der Waals surface area contributed by atoms with Crippen molar-refractivity contribution in [1.82, 2.24) is 0 Å². The molecule has 0 amide bonds. The Kier molecular flexibility index (Phi) is 3.19. The predicted octanol–water partition coefficient (Wildman–Crippen LogP) is 0.887. The lowest BCUT2D eigenvalue weighted by atomic mass is 9.88. The fraction of sp³-hybridized carbons (Fsp3) is 0.667. The summed E-state index contributed by atoms with van der Waals surface area (Å²) in [6.45, 7) is 3.95. The Balaban J connectivity index is 2.26. The number of cyclic esters (lactones) is 1. The van der Waals surface area contributed by atoms with Gasteiger partial charge in [-0.3, -0.25) is 4.79 Å². The van der Waals surface area contributed by atoms with Gasteiger partial charge >= 0.3 is 11.9 Å². The van der Waals surface area contributed by atoms with Crippen molar-refractivity contribution >= 4 is 11.9 Å². The molecule has 0 aromatic rings. The molecule has 0 unspecified atom stereocenters. The molecule has 1 fully saturated rings. The largest absolute Gasteiger partial charge is 0.463 e. The zero-order valence-corrected chi connectivity index (χ0v) is 10.1. The first-order chi connectivity index (χ1) is 8.10. The van der Waals surface area contributed by atoms with Crippen molar-refractivity contribution in [1.29, 1.82) is 0 Å². The van der Waals surface area contributed by atoms with Crippen LogP contribution in [-0.4, -0.2) is 31.9 Å². The number of methoxy groups -OCH3 is 1. The molecule has 94 valence electrons. The van der Waals surface area contributed by atoms with E-state index in [0.717, 1.165) is 0 Å². The maximum absolute atomic E-state index is 11.8. The number of rotatable bonds is 3. The lowest BCUT2D eigenvalue weighted by Crippen LogP contribution is -2.26. The Morgan fingerprint density at radius 1 is 1.47 bits per heavy atom. The summed E-state index contributed by atoms with van der Waals surface area (Å²) < 4.78 is 15.2. The molecule has 1 saturated heterocycles. The van der Waals surface area contributed by atoms with Gasteiger partial charge in [0.15, 0.2) is 0 Å². The number of esters is 2. The van der Waals surface area contributed by atoms with Gasteiger partial charge in [-0.15, -0.1) is 0 Å². The minimum absolute atomic E-state index is 0.0212. The summed E-state index contributed by atoms with van der Waals surface area (Å²) >= 11 is 0. The summed E-state index contributed by atoms with van der Waals surface area (Å²) in [5.41, 5.74) is 0.502. The topological polar surface area (TPSA) is 61.8 Å². The average Bonchev–Trinajstić information content (AvgIpc) is 2.79. The van der Waals surface area contributed by atoms with Crippen molar-refractivity contribution in [3.63, 3.8) is 0 Å². The minimum atomic E-state index is -0.673. The molecule has 4 atom stereocenters. The van der Waals surface area contributed by atoms with Crippen LogP contribution in [0.3, 0.4) is 0 Å².